The number of carbonyl (C=O) groups is 5. The molecule has 2 aliphatic heterocycles. The molecule has 1 unspecified atom stereocenters. The molecule has 0 aliphatic carbocycles. The van der Waals surface area contributed by atoms with Gasteiger partial charge >= 0.3 is 11.9 Å². The monoisotopic (exact) mass is 777 g/mol. The Bertz CT molecular complexity index is 2260. The molecule has 4 heterocycles. The highest BCUT2D eigenvalue weighted by Gasteiger charge is 2.54. The molecule has 0 bridgehead atoms. The smallest absolute Gasteiger partial charge is 0.352 e. The van der Waals surface area contributed by atoms with Gasteiger partial charge in [-0.15, -0.1) is 23.1 Å². The predicted molar refractivity (Wildman–Crippen MR) is 195 cm³/mol. The van der Waals surface area contributed by atoms with Crippen molar-refractivity contribution >= 4 is 80.5 Å². The molecule has 4 aromatic rings. The predicted octanol–water partition coefficient (Wildman–Crippen LogP) is 1.44. The molecule has 0 saturated carbocycles. The first-order valence-electron chi connectivity index (χ1n) is 15.9. The molecular formula is C33H31N9O10S2. The van der Waals surface area contributed by atoms with E-state index in [0.29, 0.717) is 0 Å². The van der Waals surface area contributed by atoms with Crippen molar-refractivity contribution < 1.29 is 49.2 Å². The molecule has 3 amide bonds. The van der Waals surface area contributed by atoms with Crippen molar-refractivity contribution in [1.82, 2.24) is 30.5 Å². The number of aromatic hydroxyl groups is 2. The molecule has 0 radical (unpaired) electrons. The first kappa shape index (κ1) is 37.3. The minimum atomic E-state index is -1.82. The molecule has 19 nitrogen and oxygen atoms in total. The fourth-order valence-corrected chi connectivity index (χ4v) is 7.14. The van der Waals surface area contributed by atoms with Gasteiger partial charge in [0.05, 0.1) is 11.0 Å². The summed E-state index contributed by atoms with van der Waals surface area (Å²) >= 11 is 2.12. The average molecular weight is 778 g/mol. The van der Waals surface area contributed by atoms with Crippen molar-refractivity contribution in [3.8, 4) is 11.5 Å². The number of hydrogen-bond donors (Lipinski definition) is 8. The lowest BCUT2D eigenvalue weighted by atomic mass is 10.0. The van der Waals surface area contributed by atoms with Crippen LogP contribution in [0.2, 0.25) is 0 Å². The number of β-lactam (4-membered cyclic amide) rings is 1. The van der Waals surface area contributed by atoms with E-state index < -0.39 is 63.9 Å². The number of phenolic OH excluding ortho intramolecular Hbond substituents is 2. The van der Waals surface area contributed by atoms with Crippen molar-refractivity contribution in [1.29, 1.82) is 0 Å². The van der Waals surface area contributed by atoms with Crippen molar-refractivity contribution in [3.05, 3.63) is 76.1 Å². The third kappa shape index (κ3) is 7.52. The van der Waals surface area contributed by atoms with Crippen molar-refractivity contribution in [2.24, 2.45) is 5.16 Å². The van der Waals surface area contributed by atoms with Crippen molar-refractivity contribution in [2.75, 3.05) is 23.3 Å². The molecule has 2 atom stereocenters. The number of carboxylic acid groups (broad SMARTS) is 2. The van der Waals surface area contributed by atoms with E-state index in [1.54, 1.807) is 0 Å². The quantitative estimate of drug-likeness (QED) is 0.0412. The van der Waals surface area contributed by atoms with Crippen LogP contribution in [0.15, 0.2) is 64.3 Å². The molecule has 2 aliphatic rings. The summed E-state index contributed by atoms with van der Waals surface area (Å²) in [6.45, 7) is 2.37. The maximum absolute atomic E-state index is 13.6. The summed E-state index contributed by atoms with van der Waals surface area (Å²) in [6.07, 6.45) is 0. The van der Waals surface area contributed by atoms with Crippen LogP contribution in [0.3, 0.4) is 0 Å². The Morgan fingerprint density at radius 1 is 1.04 bits per heavy atom. The highest BCUT2D eigenvalue weighted by molar-refractivity contribution is 8.00. The highest BCUT2D eigenvalue weighted by Crippen LogP contribution is 2.40. The Labute approximate surface area is 312 Å². The van der Waals surface area contributed by atoms with Crippen LogP contribution in [0.5, 0.6) is 11.5 Å². The molecule has 2 aromatic heterocycles. The summed E-state index contributed by atoms with van der Waals surface area (Å²) in [4.78, 5) is 83.3. The molecule has 9 N–H and O–H groups in total. The van der Waals surface area contributed by atoms with E-state index in [1.165, 1.54) is 25.3 Å². The van der Waals surface area contributed by atoms with Gasteiger partial charge in [0, 0.05) is 36.4 Å². The second kappa shape index (κ2) is 14.9. The van der Waals surface area contributed by atoms with Crippen LogP contribution in [0.25, 0.3) is 11.0 Å². The number of benzene rings is 2. The number of nitrogen functional groups attached to an aromatic ring is 1. The number of carboxylic acids is 2. The van der Waals surface area contributed by atoms with E-state index in [1.807, 2.05) is 30.3 Å². The van der Waals surface area contributed by atoms with E-state index in [9.17, 15) is 44.4 Å². The molecule has 1 saturated heterocycles. The Kier molecular flexibility index (Phi) is 10.3. The second-order valence-electron chi connectivity index (χ2n) is 12.3. The Morgan fingerprint density at radius 2 is 1.72 bits per heavy atom. The zero-order valence-corrected chi connectivity index (χ0v) is 29.9. The van der Waals surface area contributed by atoms with Crippen molar-refractivity contribution in [3.63, 3.8) is 0 Å². The number of aromatic nitrogens is 3. The topological polar surface area (TPSA) is 292 Å². The van der Waals surface area contributed by atoms with Gasteiger partial charge < -0.3 is 46.9 Å². The van der Waals surface area contributed by atoms with Gasteiger partial charge in [0.2, 0.25) is 5.60 Å². The summed E-state index contributed by atoms with van der Waals surface area (Å²) in [5.74, 6) is -6.08. The van der Waals surface area contributed by atoms with Crippen LogP contribution in [0, 0.1) is 0 Å². The van der Waals surface area contributed by atoms with E-state index in [0.717, 1.165) is 39.6 Å². The number of anilines is 2. The Hall–Kier alpha value is -6.48. The molecule has 0 spiro atoms. The van der Waals surface area contributed by atoms with Crippen molar-refractivity contribution in [2.45, 2.75) is 37.4 Å². The summed E-state index contributed by atoms with van der Waals surface area (Å²) in [7, 11) is 0. The van der Waals surface area contributed by atoms with Crippen LogP contribution in [0.4, 0.5) is 10.9 Å². The van der Waals surface area contributed by atoms with Crippen LogP contribution >= 0.6 is 23.1 Å². The fourth-order valence-electron chi connectivity index (χ4n) is 5.24. The molecule has 54 heavy (non-hydrogen) atoms. The Morgan fingerprint density at radius 3 is 2.35 bits per heavy atom. The van der Waals surface area contributed by atoms with Gasteiger partial charge in [-0.1, -0.05) is 35.5 Å². The molecule has 280 valence electrons. The van der Waals surface area contributed by atoms with Gasteiger partial charge in [0.25, 0.3) is 17.7 Å². The average Bonchev–Trinajstić information content (AvgIpc) is 3.57. The molecular weight excluding hydrogens is 747 g/mol. The van der Waals surface area contributed by atoms with E-state index in [-0.39, 0.29) is 63.5 Å². The summed E-state index contributed by atoms with van der Waals surface area (Å²) in [6, 6.07) is 10.4. The van der Waals surface area contributed by atoms with Crippen LogP contribution in [0.1, 0.15) is 35.6 Å². The zero-order chi connectivity index (χ0) is 38.9. The van der Waals surface area contributed by atoms with E-state index in [4.69, 9.17) is 10.6 Å². The molecule has 2 aromatic carbocycles. The van der Waals surface area contributed by atoms with Gasteiger partial charge in [0.15, 0.2) is 33.9 Å². The van der Waals surface area contributed by atoms with Crippen LogP contribution in [-0.4, -0.2) is 105 Å². The van der Waals surface area contributed by atoms with Gasteiger partial charge in [-0.3, -0.25) is 19.3 Å². The number of fused-ring (bicyclic) bond motifs is 2. The number of carbonyl (C=O) groups excluding carboxylic acids is 3. The summed E-state index contributed by atoms with van der Waals surface area (Å²) in [5, 5.41) is 52.1. The third-order valence-corrected chi connectivity index (χ3v) is 10.2. The number of phenols is 2. The van der Waals surface area contributed by atoms with E-state index >= 15 is 0 Å². The minimum Gasteiger partial charge on any atom is -0.504 e. The first-order chi connectivity index (χ1) is 25.6. The number of thiazole rings is 1. The van der Waals surface area contributed by atoms with Crippen LogP contribution in [-0.2, 0) is 30.6 Å². The first-order valence-corrected chi connectivity index (χ1v) is 17.8. The third-order valence-electron chi connectivity index (χ3n) is 8.14. The molecule has 1 fully saturated rings. The lowest BCUT2D eigenvalue weighted by Gasteiger charge is -2.49. The second-order valence-corrected chi connectivity index (χ2v) is 14.3. The summed E-state index contributed by atoms with van der Waals surface area (Å²) in [5.41, 5.74) is 4.18. The number of oxime groups is 1. The molecule has 6 rings (SSSR count). The SMILES string of the molecule is CC(C)(O/N=C(\C(=O)NC1C(=O)N2C(C(=O)O)=C(CNC(=O)c3nc4cc(O)c(O)cc4nc3NCc3ccccc3)CS[C@@H]12)c1csc(N)n1)C(=O)O. The maximum atomic E-state index is 13.6. The van der Waals surface area contributed by atoms with Crippen LogP contribution < -0.4 is 21.7 Å². The standard InChI is InChI=1S/C33H31N9O10S2/c1-33(2,31(50)51)52-41-21(18-13-54-32(34)39-18)27(46)40-23-28(47)42-24(30(48)49)15(12-53-29(23)42)11-36-26(45)22-25(35-10-14-6-4-3-5-7-14)38-17-9-20(44)19(43)8-16(17)37-22/h3-9,13,23,29,43-44H,10-12H2,1-2H3,(H2,34,39)(H,35,38)(H,36,45)(H,40,46)(H,48,49)(H,50,51)/b41-21-/t23?,29-/m0/s1. The number of aliphatic carboxylic acids is 2. The lowest BCUT2D eigenvalue weighted by molar-refractivity contribution is -0.161. The lowest BCUT2D eigenvalue weighted by Crippen LogP contribution is -2.71. The number of amides is 3. The minimum absolute atomic E-state index is 0.0373. The Balaban J connectivity index is 1.20. The number of nitrogens with two attached hydrogens (primary N) is 1. The fraction of sp³-hybridized carbons (Fsp3) is 0.242. The van der Waals surface area contributed by atoms with Gasteiger partial charge in [0.1, 0.15) is 22.8 Å². The normalized spacial score (nSPS) is 17.0. The summed E-state index contributed by atoms with van der Waals surface area (Å²) < 4.78 is 0. The maximum Gasteiger partial charge on any atom is 0.352 e. The van der Waals surface area contributed by atoms with E-state index in [2.05, 4.69) is 36.1 Å². The number of nitrogens with zero attached hydrogens (tertiary/aromatic N) is 5. The molecule has 21 heteroatoms. The number of rotatable bonds is 13. The van der Waals surface area contributed by atoms with Gasteiger partial charge in [-0.05, 0) is 25.0 Å². The van der Waals surface area contributed by atoms with Gasteiger partial charge in [-0.25, -0.2) is 24.5 Å². The largest absolute Gasteiger partial charge is 0.504 e. The number of thioether (sulfide) groups is 1. The highest BCUT2D eigenvalue weighted by atomic mass is 32.2. The number of nitrogens with one attached hydrogen (secondary N) is 3. The number of hydrogen-bond acceptors (Lipinski definition) is 16. The van der Waals surface area contributed by atoms with Gasteiger partial charge in [-0.2, -0.15) is 0 Å². The zero-order valence-electron chi connectivity index (χ0n) is 28.3.